The van der Waals surface area contributed by atoms with Crippen LogP contribution >= 0.6 is 0 Å². The molecule has 0 aliphatic heterocycles. The smallest absolute Gasteiger partial charge is 0.246 e. The third-order valence-corrected chi connectivity index (χ3v) is 11.1. The molecule has 4 rings (SSSR count). The summed E-state index contributed by atoms with van der Waals surface area (Å²) in [6.45, 7) is 12.6. The van der Waals surface area contributed by atoms with E-state index in [1.807, 2.05) is 18.7 Å². The number of nitrogens with zero attached hydrogens (tertiary/aromatic N) is 1. The van der Waals surface area contributed by atoms with Crippen LogP contribution in [0.3, 0.4) is 0 Å². The van der Waals surface area contributed by atoms with Crippen molar-refractivity contribution in [3.63, 3.8) is 0 Å². The highest BCUT2D eigenvalue weighted by Gasteiger charge is 2.63. The number of aliphatic hydroxyl groups is 2. The van der Waals surface area contributed by atoms with Crippen molar-refractivity contribution in [2.75, 3.05) is 13.1 Å². The number of likely N-dealkylation sites (N-methyl/N-ethyl adjacent to an activating group) is 1. The van der Waals surface area contributed by atoms with Gasteiger partial charge in [0.25, 0.3) is 0 Å². The Kier molecular flexibility index (Phi) is 6.87. The van der Waals surface area contributed by atoms with Crippen LogP contribution in [0.4, 0.5) is 0 Å². The minimum atomic E-state index is -0.266. The maximum atomic E-state index is 12.5. The predicted molar refractivity (Wildman–Crippen MR) is 129 cm³/mol. The highest BCUT2D eigenvalue weighted by atomic mass is 16.3. The fraction of sp³-hybridized carbons (Fsp3) is 0.893. The Morgan fingerprint density at radius 1 is 1.03 bits per heavy atom. The Morgan fingerprint density at radius 2 is 1.75 bits per heavy atom. The molecule has 0 spiro atoms. The average molecular weight is 446 g/mol. The topological polar surface area (TPSA) is 60.8 Å². The van der Waals surface area contributed by atoms with Gasteiger partial charge in [-0.05, 0) is 118 Å². The molecule has 182 valence electrons. The molecule has 0 heterocycles. The minimum absolute atomic E-state index is 0.0550. The van der Waals surface area contributed by atoms with E-state index in [0.29, 0.717) is 35.5 Å². The van der Waals surface area contributed by atoms with Gasteiger partial charge in [-0.25, -0.2) is 0 Å². The summed E-state index contributed by atoms with van der Waals surface area (Å²) in [6, 6.07) is 0. The second kappa shape index (κ2) is 9.06. The zero-order valence-corrected chi connectivity index (χ0v) is 21.1. The van der Waals surface area contributed by atoms with Gasteiger partial charge in [-0.2, -0.15) is 0 Å². The molecule has 4 nitrogen and oxygen atoms in total. The molecule has 10 atom stereocenters. The van der Waals surface area contributed by atoms with Crippen molar-refractivity contribution >= 4 is 5.91 Å². The first-order chi connectivity index (χ1) is 15.2. The summed E-state index contributed by atoms with van der Waals surface area (Å²) in [4.78, 5) is 14.4. The van der Waals surface area contributed by atoms with Crippen LogP contribution in [0.2, 0.25) is 0 Å². The van der Waals surface area contributed by atoms with Crippen LogP contribution < -0.4 is 0 Å². The predicted octanol–water partition coefficient (Wildman–Crippen LogP) is 5.04. The number of aliphatic hydroxyl groups excluding tert-OH is 2. The number of fused-ring (bicyclic) bond motifs is 5. The van der Waals surface area contributed by atoms with Gasteiger partial charge < -0.3 is 15.1 Å². The highest BCUT2D eigenvalue weighted by molar-refractivity contribution is 5.87. The van der Waals surface area contributed by atoms with Crippen molar-refractivity contribution in [2.45, 2.75) is 98.2 Å². The van der Waals surface area contributed by atoms with Gasteiger partial charge in [-0.1, -0.05) is 26.8 Å². The van der Waals surface area contributed by atoms with Crippen LogP contribution in [0.1, 0.15) is 86.0 Å². The van der Waals surface area contributed by atoms with E-state index in [2.05, 4.69) is 26.8 Å². The van der Waals surface area contributed by atoms with Crippen LogP contribution in [0, 0.1) is 46.3 Å². The van der Waals surface area contributed by atoms with Gasteiger partial charge in [0.15, 0.2) is 0 Å². The highest BCUT2D eigenvalue weighted by Crippen LogP contribution is 2.68. The van der Waals surface area contributed by atoms with Crippen molar-refractivity contribution < 1.29 is 15.0 Å². The fourth-order valence-corrected chi connectivity index (χ4v) is 9.10. The number of carbonyl (C=O) groups is 1. The summed E-state index contributed by atoms with van der Waals surface area (Å²) >= 11 is 0. The standard InChI is InChI=1S/C28H47NO3/c1-6-29(7-2)26(32)13-8-18(3)22-11-12-23-21-10-9-19-16-20(30)14-15-27(19,4)24(21)17-25(31)28(22,23)5/h8,13,18-25,30-31H,6-7,9-12,14-17H2,1-5H3/b13-8+/t18-,19+,20+,21-,22+,23-,24-,25-,27-,28+/m0/s1. The van der Waals surface area contributed by atoms with Gasteiger partial charge in [0, 0.05) is 13.1 Å². The van der Waals surface area contributed by atoms with Gasteiger partial charge in [-0.15, -0.1) is 0 Å². The molecule has 0 unspecified atom stereocenters. The Balaban J connectivity index is 1.52. The molecule has 0 aromatic heterocycles. The van der Waals surface area contributed by atoms with Crippen molar-refractivity contribution in [3.8, 4) is 0 Å². The van der Waals surface area contributed by atoms with E-state index in [-0.39, 0.29) is 28.9 Å². The van der Waals surface area contributed by atoms with Crippen LogP contribution in [0.5, 0.6) is 0 Å². The molecule has 0 saturated heterocycles. The Labute approximate surface area is 195 Å². The van der Waals surface area contributed by atoms with E-state index in [9.17, 15) is 15.0 Å². The lowest BCUT2D eigenvalue weighted by Gasteiger charge is -2.62. The third kappa shape index (κ3) is 3.78. The first-order valence-electron chi connectivity index (χ1n) is 13.5. The maximum absolute atomic E-state index is 12.5. The van der Waals surface area contributed by atoms with Crippen molar-refractivity contribution in [3.05, 3.63) is 12.2 Å². The molecular formula is C28H47NO3. The van der Waals surface area contributed by atoms with Gasteiger partial charge in [-0.3, -0.25) is 4.79 Å². The Hall–Kier alpha value is -0.870. The monoisotopic (exact) mass is 445 g/mol. The van der Waals surface area contributed by atoms with Crippen LogP contribution in [-0.2, 0) is 4.79 Å². The fourth-order valence-electron chi connectivity index (χ4n) is 9.10. The molecule has 0 aromatic carbocycles. The molecule has 1 amide bonds. The average Bonchev–Trinajstić information content (AvgIpc) is 3.13. The van der Waals surface area contributed by atoms with E-state index in [0.717, 1.165) is 45.2 Å². The largest absolute Gasteiger partial charge is 0.393 e. The Morgan fingerprint density at radius 3 is 2.44 bits per heavy atom. The Bertz CT molecular complexity index is 717. The number of hydrogen-bond acceptors (Lipinski definition) is 3. The molecule has 0 radical (unpaired) electrons. The zero-order chi connectivity index (χ0) is 23.3. The van der Waals surface area contributed by atoms with Crippen LogP contribution in [0.25, 0.3) is 0 Å². The second-order valence-corrected chi connectivity index (χ2v) is 12.1. The van der Waals surface area contributed by atoms with E-state index in [1.54, 1.807) is 6.08 Å². The SMILES string of the molecule is CCN(CC)C(=O)/C=C/[C@H](C)[C@H]1CC[C@H]2[C@@H]3CC[C@@H]4C[C@H](O)CC[C@]4(C)[C@H]3C[C@H](O)[C@]12C. The first kappa shape index (κ1) is 24.3. The molecule has 2 N–H and O–H groups in total. The number of hydrogen-bond donors (Lipinski definition) is 2. The van der Waals surface area contributed by atoms with E-state index >= 15 is 0 Å². The summed E-state index contributed by atoms with van der Waals surface area (Å²) in [5.41, 5.74) is 0.227. The van der Waals surface area contributed by atoms with Gasteiger partial charge >= 0.3 is 0 Å². The normalized spacial score (nSPS) is 46.9. The number of rotatable bonds is 5. The lowest BCUT2D eigenvalue weighted by molar-refractivity contribution is -0.173. The molecule has 4 fully saturated rings. The summed E-state index contributed by atoms with van der Waals surface area (Å²) in [7, 11) is 0. The minimum Gasteiger partial charge on any atom is -0.393 e. The number of amides is 1. The molecule has 4 saturated carbocycles. The quantitative estimate of drug-likeness (QED) is 0.583. The van der Waals surface area contributed by atoms with Gasteiger partial charge in [0.05, 0.1) is 12.2 Å². The number of allylic oxidation sites excluding steroid dienone is 1. The second-order valence-electron chi connectivity index (χ2n) is 12.1. The number of carbonyl (C=O) groups excluding carboxylic acids is 1. The van der Waals surface area contributed by atoms with E-state index in [1.165, 1.54) is 19.3 Å². The van der Waals surface area contributed by atoms with Crippen molar-refractivity contribution in [2.24, 2.45) is 46.3 Å². The summed E-state index contributed by atoms with van der Waals surface area (Å²) < 4.78 is 0. The van der Waals surface area contributed by atoms with Crippen molar-refractivity contribution in [1.82, 2.24) is 4.90 Å². The van der Waals surface area contributed by atoms with Crippen molar-refractivity contribution in [1.29, 1.82) is 0 Å². The summed E-state index contributed by atoms with van der Waals surface area (Å²) in [6.07, 6.45) is 12.3. The first-order valence-corrected chi connectivity index (χ1v) is 13.5. The summed E-state index contributed by atoms with van der Waals surface area (Å²) in [5.74, 6) is 3.34. The third-order valence-electron chi connectivity index (χ3n) is 11.1. The molecule has 32 heavy (non-hydrogen) atoms. The lowest BCUT2D eigenvalue weighted by atomic mass is 9.43. The lowest BCUT2D eigenvalue weighted by Crippen LogP contribution is -2.58. The van der Waals surface area contributed by atoms with E-state index in [4.69, 9.17) is 0 Å². The van der Waals surface area contributed by atoms with Crippen LogP contribution in [-0.4, -0.2) is 46.3 Å². The molecule has 4 aliphatic carbocycles. The maximum Gasteiger partial charge on any atom is 0.246 e. The molecule has 4 aliphatic rings. The molecular weight excluding hydrogens is 398 g/mol. The molecule has 0 aromatic rings. The molecule has 0 bridgehead atoms. The van der Waals surface area contributed by atoms with Crippen LogP contribution in [0.15, 0.2) is 12.2 Å². The zero-order valence-electron chi connectivity index (χ0n) is 21.1. The summed E-state index contributed by atoms with van der Waals surface area (Å²) in [5, 5.41) is 21.9. The van der Waals surface area contributed by atoms with Gasteiger partial charge in [0.1, 0.15) is 0 Å². The van der Waals surface area contributed by atoms with E-state index < -0.39 is 0 Å². The molecule has 4 heteroatoms. The van der Waals surface area contributed by atoms with Gasteiger partial charge in [0.2, 0.25) is 5.91 Å².